The molecule has 1 aromatic carbocycles. The monoisotopic (exact) mass is 463 g/mol. The van der Waals surface area contributed by atoms with Gasteiger partial charge in [0.1, 0.15) is 0 Å². The standard InChI is InChI=1S/C26H33N5OS/c1-18-17-22(19(2)31(18)21-12-10-20(11-13-21)29(3)4)25-24(23-9-6-7-14-27-23)28-26(33)30(25)15-8-16-32-5/h6-7,9-14,17,24-25H,8,15-16H2,1-5H3,(H,28,33)/t24-,25+/m1/s1. The van der Waals surface area contributed by atoms with Crippen molar-refractivity contribution < 1.29 is 4.74 Å². The van der Waals surface area contributed by atoms with E-state index in [1.165, 1.54) is 22.6 Å². The van der Waals surface area contributed by atoms with Crippen LogP contribution in [0.1, 0.15) is 41.1 Å². The minimum atomic E-state index is -0.00804. The van der Waals surface area contributed by atoms with Gasteiger partial charge in [0, 0.05) is 63.3 Å². The van der Waals surface area contributed by atoms with Crippen molar-refractivity contribution in [1.82, 2.24) is 19.8 Å². The molecule has 174 valence electrons. The predicted octanol–water partition coefficient (Wildman–Crippen LogP) is 4.56. The van der Waals surface area contributed by atoms with Crippen molar-refractivity contribution in [3.8, 4) is 5.69 Å². The van der Waals surface area contributed by atoms with Crippen LogP contribution in [0.15, 0.2) is 54.7 Å². The summed E-state index contributed by atoms with van der Waals surface area (Å²) in [6, 6.07) is 17.1. The van der Waals surface area contributed by atoms with Crippen LogP contribution in [-0.2, 0) is 4.74 Å². The van der Waals surface area contributed by atoms with Gasteiger partial charge in [0.2, 0.25) is 0 Å². The Morgan fingerprint density at radius 2 is 1.88 bits per heavy atom. The normalized spacial score (nSPS) is 18.0. The summed E-state index contributed by atoms with van der Waals surface area (Å²) in [4.78, 5) is 9.08. The molecule has 0 spiro atoms. The van der Waals surface area contributed by atoms with E-state index in [2.05, 4.69) is 89.0 Å². The van der Waals surface area contributed by atoms with Crippen molar-refractivity contribution in [3.63, 3.8) is 0 Å². The zero-order valence-corrected chi connectivity index (χ0v) is 20.9. The number of hydrogen-bond acceptors (Lipinski definition) is 4. The molecular formula is C26H33N5OS. The van der Waals surface area contributed by atoms with Crippen LogP contribution in [-0.4, -0.2) is 53.9 Å². The molecule has 3 heterocycles. The van der Waals surface area contributed by atoms with Gasteiger partial charge in [-0.25, -0.2) is 0 Å². The minimum absolute atomic E-state index is 0.00804. The number of pyridine rings is 1. The third-order valence-corrected chi connectivity index (χ3v) is 6.71. The number of nitrogens with zero attached hydrogens (tertiary/aromatic N) is 4. The Balaban J connectivity index is 1.76. The zero-order chi connectivity index (χ0) is 23.5. The van der Waals surface area contributed by atoms with E-state index in [-0.39, 0.29) is 12.1 Å². The first-order chi connectivity index (χ1) is 15.9. The van der Waals surface area contributed by atoms with Crippen LogP contribution < -0.4 is 10.2 Å². The molecular weight excluding hydrogens is 430 g/mol. The fraction of sp³-hybridized carbons (Fsp3) is 0.385. The first-order valence-electron chi connectivity index (χ1n) is 11.4. The molecule has 0 aliphatic carbocycles. The van der Waals surface area contributed by atoms with Gasteiger partial charge in [0.15, 0.2) is 5.11 Å². The summed E-state index contributed by atoms with van der Waals surface area (Å²) in [5.41, 5.74) is 7.04. The second-order valence-electron chi connectivity index (χ2n) is 8.74. The van der Waals surface area contributed by atoms with E-state index in [1.807, 2.05) is 18.3 Å². The number of anilines is 1. The van der Waals surface area contributed by atoms with Crippen LogP contribution in [0.25, 0.3) is 5.69 Å². The maximum atomic E-state index is 5.79. The Morgan fingerprint density at radius 1 is 1.12 bits per heavy atom. The quantitative estimate of drug-likeness (QED) is 0.390. The van der Waals surface area contributed by atoms with Crippen LogP contribution in [0, 0.1) is 13.8 Å². The van der Waals surface area contributed by atoms with Crippen LogP contribution in [0.4, 0.5) is 5.69 Å². The molecule has 4 rings (SSSR count). The van der Waals surface area contributed by atoms with Crippen LogP contribution >= 0.6 is 12.2 Å². The highest BCUT2D eigenvalue weighted by Crippen LogP contribution is 2.41. The van der Waals surface area contributed by atoms with Crippen molar-refractivity contribution in [2.45, 2.75) is 32.4 Å². The molecule has 1 aliphatic rings. The molecule has 3 aromatic rings. The highest BCUT2D eigenvalue weighted by atomic mass is 32.1. The van der Waals surface area contributed by atoms with Gasteiger partial charge in [-0.15, -0.1) is 0 Å². The fourth-order valence-electron chi connectivity index (χ4n) is 4.75. The van der Waals surface area contributed by atoms with E-state index in [0.717, 1.165) is 29.5 Å². The lowest BCUT2D eigenvalue weighted by atomic mass is 9.96. The number of nitrogens with one attached hydrogen (secondary N) is 1. The molecule has 2 atom stereocenters. The average molecular weight is 464 g/mol. The summed E-state index contributed by atoms with van der Waals surface area (Å²) in [6.07, 6.45) is 2.76. The first kappa shape index (κ1) is 23.3. The Labute approximate surface area is 202 Å². The second kappa shape index (κ2) is 9.93. The predicted molar refractivity (Wildman–Crippen MR) is 138 cm³/mol. The van der Waals surface area contributed by atoms with E-state index in [0.29, 0.717) is 6.61 Å². The van der Waals surface area contributed by atoms with Gasteiger partial charge in [-0.2, -0.15) is 0 Å². The number of hydrogen-bond donors (Lipinski definition) is 1. The summed E-state index contributed by atoms with van der Waals surface area (Å²) in [6.45, 7) is 5.90. The van der Waals surface area contributed by atoms with E-state index >= 15 is 0 Å². The van der Waals surface area contributed by atoms with Crippen LogP contribution in [0.3, 0.4) is 0 Å². The Bertz CT molecular complexity index is 1090. The summed E-state index contributed by atoms with van der Waals surface area (Å²) < 4.78 is 7.64. The second-order valence-corrected chi connectivity index (χ2v) is 9.13. The lowest BCUT2D eigenvalue weighted by Gasteiger charge is -2.28. The Morgan fingerprint density at radius 3 is 2.52 bits per heavy atom. The molecule has 0 radical (unpaired) electrons. The van der Waals surface area contributed by atoms with Crippen molar-refractivity contribution >= 4 is 23.0 Å². The maximum absolute atomic E-state index is 5.79. The van der Waals surface area contributed by atoms with Gasteiger partial charge in [0.25, 0.3) is 0 Å². The molecule has 0 saturated carbocycles. The smallest absolute Gasteiger partial charge is 0.170 e. The lowest BCUT2D eigenvalue weighted by Crippen LogP contribution is -2.31. The molecule has 0 bridgehead atoms. The molecule has 1 saturated heterocycles. The SMILES string of the molecule is COCCCN1C(=S)N[C@H](c2ccccn2)[C@@H]1c1cc(C)n(-c2ccc(N(C)C)cc2)c1C. The molecule has 1 N–H and O–H groups in total. The molecule has 0 amide bonds. The summed E-state index contributed by atoms with van der Waals surface area (Å²) in [5, 5.41) is 4.32. The third kappa shape index (κ3) is 4.61. The summed E-state index contributed by atoms with van der Waals surface area (Å²) in [7, 11) is 5.86. The summed E-state index contributed by atoms with van der Waals surface area (Å²) in [5.74, 6) is 0. The van der Waals surface area contributed by atoms with Gasteiger partial charge < -0.3 is 24.4 Å². The fourth-order valence-corrected chi connectivity index (χ4v) is 5.08. The van der Waals surface area contributed by atoms with Gasteiger partial charge in [0.05, 0.1) is 17.8 Å². The number of aryl methyl sites for hydroxylation is 1. The van der Waals surface area contributed by atoms with E-state index in [9.17, 15) is 0 Å². The minimum Gasteiger partial charge on any atom is -0.385 e. The van der Waals surface area contributed by atoms with Crippen molar-refractivity contribution in [2.24, 2.45) is 0 Å². The number of aromatic nitrogens is 2. The third-order valence-electron chi connectivity index (χ3n) is 6.36. The number of benzene rings is 1. The van der Waals surface area contributed by atoms with Gasteiger partial charge in [-0.1, -0.05) is 6.07 Å². The average Bonchev–Trinajstić information content (AvgIpc) is 3.29. The van der Waals surface area contributed by atoms with Crippen molar-refractivity contribution in [3.05, 3.63) is 77.4 Å². The van der Waals surface area contributed by atoms with Crippen molar-refractivity contribution in [2.75, 3.05) is 39.3 Å². The van der Waals surface area contributed by atoms with E-state index < -0.39 is 0 Å². The van der Waals surface area contributed by atoms with Gasteiger partial charge >= 0.3 is 0 Å². The van der Waals surface area contributed by atoms with E-state index in [1.54, 1.807) is 7.11 Å². The molecule has 1 aliphatic heterocycles. The van der Waals surface area contributed by atoms with Crippen molar-refractivity contribution in [1.29, 1.82) is 0 Å². The molecule has 0 unspecified atom stereocenters. The largest absolute Gasteiger partial charge is 0.385 e. The molecule has 1 fully saturated rings. The molecule has 7 heteroatoms. The van der Waals surface area contributed by atoms with Gasteiger partial charge in [-0.05, 0) is 80.5 Å². The van der Waals surface area contributed by atoms with Crippen LogP contribution in [0.5, 0.6) is 0 Å². The Hall–Kier alpha value is -2.90. The number of thiocarbonyl (C=S) groups is 1. The molecule has 6 nitrogen and oxygen atoms in total. The zero-order valence-electron chi connectivity index (χ0n) is 20.1. The Kier molecular flexibility index (Phi) is 7.00. The highest BCUT2D eigenvalue weighted by Gasteiger charge is 2.41. The first-order valence-corrected chi connectivity index (χ1v) is 11.8. The highest BCUT2D eigenvalue weighted by molar-refractivity contribution is 7.80. The lowest BCUT2D eigenvalue weighted by molar-refractivity contribution is 0.180. The van der Waals surface area contributed by atoms with E-state index in [4.69, 9.17) is 17.0 Å². The number of methoxy groups -OCH3 is 1. The number of ether oxygens (including phenoxy) is 1. The topological polar surface area (TPSA) is 45.6 Å². The molecule has 33 heavy (non-hydrogen) atoms. The molecule has 2 aromatic heterocycles. The number of rotatable bonds is 8. The van der Waals surface area contributed by atoms with Crippen LogP contribution in [0.2, 0.25) is 0 Å². The summed E-state index contributed by atoms with van der Waals surface area (Å²) >= 11 is 5.79. The van der Waals surface area contributed by atoms with Gasteiger partial charge in [-0.3, -0.25) is 4.98 Å². The maximum Gasteiger partial charge on any atom is 0.170 e.